The summed E-state index contributed by atoms with van der Waals surface area (Å²) in [6, 6.07) is 8.59. The van der Waals surface area contributed by atoms with E-state index in [-0.39, 0.29) is 5.75 Å². The van der Waals surface area contributed by atoms with Crippen LogP contribution in [0.5, 0.6) is 0 Å². The Morgan fingerprint density at radius 1 is 1.38 bits per heavy atom. The summed E-state index contributed by atoms with van der Waals surface area (Å²) in [5.74, 6) is 2.55. The monoisotopic (exact) mass is 369 g/mol. The molecule has 1 atom stereocenters. The summed E-state index contributed by atoms with van der Waals surface area (Å²) in [5, 5.41) is 3.80. The highest BCUT2D eigenvalue weighted by atomic mass is 32.2. The molecule has 1 aliphatic rings. The molecule has 1 aromatic carbocycles. The molecule has 1 N–H and O–H groups in total. The van der Waals surface area contributed by atoms with Crippen molar-refractivity contribution in [1.29, 1.82) is 0 Å². The largest absolute Gasteiger partial charge is 0.355 e. The highest BCUT2D eigenvalue weighted by molar-refractivity contribution is 8.00. The van der Waals surface area contributed by atoms with Gasteiger partial charge in [0.2, 0.25) is 0 Å². The molecular weight excluding hydrogens is 342 g/mol. The summed E-state index contributed by atoms with van der Waals surface area (Å²) in [6.07, 6.45) is 0. The third-order valence-electron chi connectivity index (χ3n) is 4.10. The average Bonchev–Trinajstić information content (AvgIpc) is 2.59. The summed E-state index contributed by atoms with van der Waals surface area (Å²) in [4.78, 5) is 6.93. The molecule has 7 heteroatoms. The number of guanidine groups is 1. The SMILES string of the molecule is CN=C(NCCS(=O)(=O)c1ccccc1)N1CCSC(C(C)C)C1. The van der Waals surface area contributed by atoms with E-state index in [1.54, 1.807) is 31.3 Å². The minimum Gasteiger partial charge on any atom is -0.355 e. The van der Waals surface area contributed by atoms with Gasteiger partial charge in [0.1, 0.15) is 0 Å². The van der Waals surface area contributed by atoms with Gasteiger partial charge in [-0.1, -0.05) is 32.0 Å². The Labute approximate surface area is 149 Å². The Kier molecular flexibility index (Phi) is 6.98. The molecule has 134 valence electrons. The van der Waals surface area contributed by atoms with Crippen LogP contribution in [0.3, 0.4) is 0 Å². The van der Waals surface area contributed by atoms with Crippen molar-refractivity contribution in [1.82, 2.24) is 10.2 Å². The zero-order chi connectivity index (χ0) is 17.6. The predicted octanol–water partition coefficient (Wildman–Crippen LogP) is 2.11. The molecule has 1 heterocycles. The summed E-state index contributed by atoms with van der Waals surface area (Å²) >= 11 is 2.01. The van der Waals surface area contributed by atoms with Crippen molar-refractivity contribution in [3.63, 3.8) is 0 Å². The number of sulfone groups is 1. The van der Waals surface area contributed by atoms with Gasteiger partial charge in [0.25, 0.3) is 0 Å². The van der Waals surface area contributed by atoms with Gasteiger partial charge in [-0.2, -0.15) is 11.8 Å². The Bertz CT molecular complexity index is 645. The Morgan fingerprint density at radius 2 is 2.08 bits per heavy atom. The van der Waals surface area contributed by atoms with E-state index in [2.05, 4.69) is 29.1 Å². The molecule has 2 rings (SSSR count). The Balaban J connectivity index is 1.90. The quantitative estimate of drug-likeness (QED) is 0.636. The van der Waals surface area contributed by atoms with Gasteiger partial charge >= 0.3 is 0 Å². The molecule has 0 aliphatic carbocycles. The molecule has 0 aromatic heterocycles. The second-order valence-electron chi connectivity index (χ2n) is 6.21. The smallest absolute Gasteiger partial charge is 0.193 e. The number of thioether (sulfide) groups is 1. The lowest BCUT2D eigenvalue weighted by Crippen LogP contribution is -2.49. The molecule has 5 nitrogen and oxygen atoms in total. The van der Waals surface area contributed by atoms with E-state index in [1.807, 2.05) is 17.8 Å². The molecule has 0 saturated carbocycles. The van der Waals surface area contributed by atoms with Crippen molar-refractivity contribution < 1.29 is 8.42 Å². The number of aliphatic imine (C=N–C) groups is 1. The van der Waals surface area contributed by atoms with Crippen LogP contribution in [0.4, 0.5) is 0 Å². The number of hydrogen-bond acceptors (Lipinski definition) is 4. The normalized spacial score (nSPS) is 19.6. The highest BCUT2D eigenvalue weighted by Gasteiger charge is 2.25. The third kappa shape index (κ3) is 5.14. The van der Waals surface area contributed by atoms with Gasteiger partial charge in [0.05, 0.1) is 10.6 Å². The number of nitrogens with one attached hydrogen (secondary N) is 1. The molecule has 1 unspecified atom stereocenters. The van der Waals surface area contributed by atoms with Crippen LogP contribution in [0.2, 0.25) is 0 Å². The fraction of sp³-hybridized carbons (Fsp3) is 0.588. The molecule has 24 heavy (non-hydrogen) atoms. The first-order valence-corrected chi connectivity index (χ1v) is 11.0. The minimum absolute atomic E-state index is 0.0617. The molecule has 0 spiro atoms. The maximum atomic E-state index is 12.3. The van der Waals surface area contributed by atoms with Gasteiger partial charge in [0.15, 0.2) is 15.8 Å². The molecule has 0 radical (unpaired) electrons. The number of benzene rings is 1. The lowest BCUT2D eigenvalue weighted by molar-refractivity contribution is 0.382. The Morgan fingerprint density at radius 3 is 2.71 bits per heavy atom. The predicted molar refractivity (Wildman–Crippen MR) is 103 cm³/mol. The molecule has 0 amide bonds. The van der Waals surface area contributed by atoms with E-state index < -0.39 is 9.84 Å². The van der Waals surface area contributed by atoms with Crippen LogP contribution in [0.25, 0.3) is 0 Å². The van der Waals surface area contributed by atoms with Crippen LogP contribution < -0.4 is 5.32 Å². The van der Waals surface area contributed by atoms with Crippen molar-refractivity contribution in [3.8, 4) is 0 Å². The Hall–Kier alpha value is -1.21. The standard InChI is InChI=1S/C17H27N3O2S2/c1-14(2)16-13-20(10-11-23-16)17(18-3)19-9-12-24(21,22)15-7-5-4-6-8-15/h4-8,14,16H,9-13H2,1-3H3,(H,18,19). The lowest BCUT2D eigenvalue weighted by Gasteiger charge is -2.36. The molecule has 1 aliphatic heterocycles. The van der Waals surface area contributed by atoms with E-state index in [4.69, 9.17) is 0 Å². The van der Waals surface area contributed by atoms with E-state index in [9.17, 15) is 8.42 Å². The topological polar surface area (TPSA) is 61.8 Å². The highest BCUT2D eigenvalue weighted by Crippen LogP contribution is 2.24. The fourth-order valence-corrected chi connectivity index (χ4v) is 5.12. The van der Waals surface area contributed by atoms with E-state index in [0.29, 0.717) is 22.6 Å². The molecule has 1 aromatic rings. The van der Waals surface area contributed by atoms with Crippen molar-refractivity contribution in [2.75, 3.05) is 38.2 Å². The van der Waals surface area contributed by atoms with Crippen LogP contribution >= 0.6 is 11.8 Å². The first-order valence-electron chi connectivity index (χ1n) is 8.29. The number of rotatable bonds is 5. The average molecular weight is 370 g/mol. The maximum absolute atomic E-state index is 12.3. The summed E-state index contributed by atoms with van der Waals surface area (Å²) < 4.78 is 24.6. The van der Waals surface area contributed by atoms with Crippen LogP contribution in [0, 0.1) is 5.92 Å². The second-order valence-corrected chi connectivity index (χ2v) is 9.66. The lowest BCUT2D eigenvalue weighted by atomic mass is 10.1. The van der Waals surface area contributed by atoms with Crippen molar-refractivity contribution in [3.05, 3.63) is 30.3 Å². The van der Waals surface area contributed by atoms with Gasteiger partial charge in [-0.25, -0.2) is 8.42 Å². The van der Waals surface area contributed by atoms with Crippen molar-refractivity contribution in [2.24, 2.45) is 10.9 Å². The van der Waals surface area contributed by atoms with Gasteiger partial charge in [-0.05, 0) is 18.1 Å². The molecule has 1 saturated heterocycles. The van der Waals surface area contributed by atoms with Crippen LogP contribution in [-0.4, -0.2) is 62.7 Å². The van der Waals surface area contributed by atoms with Crippen LogP contribution in [0.15, 0.2) is 40.2 Å². The van der Waals surface area contributed by atoms with E-state index in [0.717, 1.165) is 24.8 Å². The van der Waals surface area contributed by atoms with Gasteiger partial charge in [-0.3, -0.25) is 4.99 Å². The maximum Gasteiger partial charge on any atom is 0.193 e. The first-order chi connectivity index (χ1) is 11.4. The number of nitrogens with zero attached hydrogens (tertiary/aromatic N) is 2. The summed E-state index contributed by atoms with van der Waals surface area (Å²) in [6.45, 7) is 6.74. The van der Waals surface area contributed by atoms with Crippen LogP contribution in [0.1, 0.15) is 13.8 Å². The molecule has 1 fully saturated rings. The summed E-state index contributed by atoms with van der Waals surface area (Å²) in [5.41, 5.74) is 0. The molecule has 0 bridgehead atoms. The molecular formula is C17H27N3O2S2. The minimum atomic E-state index is -3.26. The third-order valence-corrected chi connectivity index (χ3v) is 7.38. The van der Waals surface area contributed by atoms with E-state index in [1.165, 1.54) is 0 Å². The first kappa shape index (κ1) is 19.1. The van der Waals surface area contributed by atoms with E-state index >= 15 is 0 Å². The summed E-state index contributed by atoms with van der Waals surface area (Å²) in [7, 11) is -1.51. The van der Waals surface area contributed by atoms with Gasteiger partial charge in [-0.15, -0.1) is 0 Å². The van der Waals surface area contributed by atoms with Gasteiger partial charge < -0.3 is 10.2 Å². The van der Waals surface area contributed by atoms with Gasteiger partial charge in [0, 0.05) is 37.7 Å². The number of hydrogen-bond donors (Lipinski definition) is 1. The van der Waals surface area contributed by atoms with Crippen molar-refractivity contribution >= 4 is 27.6 Å². The zero-order valence-corrected chi connectivity index (χ0v) is 16.2. The second kappa shape index (κ2) is 8.76. The zero-order valence-electron chi connectivity index (χ0n) is 14.6. The van der Waals surface area contributed by atoms with Crippen LogP contribution in [-0.2, 0) is 9.84 Å². The fourth-order valence-electron chi connectivity index (χ4n) is 2.65. The van der Waals surface area contributed by atoms with Crippen molar-refractivity contribution in [2.45, 2.75) is 24.0 Å².